The van der Waals surface area contributed by atoms with Crippen LogP contribution in [0.3, 0.4) is 0 Å². The number of hydrogen-bond acceptors (Lipinski definition) is 4. The van der Waals surface area contributed by atoms with E-state index in [1.54, 1.807) is 28.0 Å². The summed E-state index contributed by atoms with van der Waals surface area (Å²) in [7, 11) is 0. The van der Waals surface area contributed by atoms with E-state index >= 15 is 0 Å². The molecule has 1 aromatic carbocycles. The van der Waals surface area contributed by atoms with Crippen molar-refractivity contribution in [3.63, 3.8) is 0 Å². The topological polar surface area (TPSA) is 70.1 Å². The Morgan fingerprint density at radius 3 is 2.50 bits per heavy atom. The Morgan fingerprint density at radius 2 is 1.83 bits per heavy atom. The molecule has 1 aliphatic heterocycles. The number of amides is 2. The predicted molar refractivity (Wildman–Crippen MR) is 91.1 cm³/mol. The number of benzene rings is 1. The van der Waals surface area contributed by atoms with Crippen LogP contribution in [0.4, 0.5) is 4.79 Å². The van der Waals surface area contributed by atoms with Gasteiger partial charge in [0.25, 0.3) is 5.91 Å². The van der Waals surface area contributed by atoms with Gasteiger partial charge in [-0.25, -0.2) is 4.79 Å². The normalized spacial score (nSPS) is 15.3. The van der Waals surface area contributed by atoms with E-state index in [4.69, 9.17) is 4.74 Å². The average molecular weight is 334 g/mol. The van der Waals surface area contributed by atoms with Gasteiger partial charge < -0.3 is 19.6 Å². The molecule has 1 N–H and O–H groups in total. The summed E-state index contributed by atoms with van der Waals surface area (Å²) in [6, 6.07) is 5.04. The van der Waals surface area contributed by atoms with Crippen LogP contribution in [0, 0.1) is 12.8 Å². The smallest absolute Gasteiger partial charge is 0.409 e. The van der Waals surface area contributed by atoms with Crippen LogP contribution in [0.1, 0.15) is 36.2 Å². The molecule has 1 heterocycles. The molecule has 1 saturated heterocycles. The molecular weight excluding hydrogens is 308 g/mol. The number of ether oxygens (including phenoxy) is 1. The maximum Gasteiger partial charge on any atom is 0.409 e. The van der Waals surface area contributed by atoms with E-state index in [0.717, 1.165) is 5.56 Å². The summed E-state index contributed by atoms with van der Waals surface area (Å²) in [6.07, 6.45) is 0.367. The number of carbonyl (C=O) groups is 2. The van der Waals surface area contributed by atoms with Crippen LogP contribution >= 0.6 is 0 Å². The van der Waals surface area contributed by atoms with Gasteiger partial charge in [0.1, 0.15) is 5.75 Å². The van der Waals surface area contributed by atoms with Crippen molar-refractivity contribution in [2.45, 2.75) is 27.2 Å². The molecule has 0 spiro atoms. The van der Waals surface area contributed by atoms with Crippen LogP contribution in [0.25, 0.3) is 0 Å². The molecule has 1 aromatic rings. The molecule has 0 aliphatic carbocycles. The zero-order chi connectivity index (χ0) is 17.7. The molecule has 24 heavy (non-hydrogen) atoms. The minimum Gasteiger partial charge on any atom is -0.507 e. The molecule has 2 amide bonds. The Labute approximate surface area is 143 Å². The number of phenolic OH excluding ortho intramolecular Hbond substituents is 1. The van der Waals surface area contributed by atoms with Gasteiger partial charge in [0, 0.05) is 26.2 Å². The fourth-order valence-electron chi connectivity index (χ4n) is 2.63. The highest BCUT2D eigenvalue weighted by Crippen LogP contribution is 2.21. The number of aryl methyl sites for hydroxylation is 1. The highest BCUT2D eigenvalue weighted by molar-refractivity contribution is 5.97. The van der Waals surface area contributed by atoms with Gasteiger partial charge in [0.2, 0.25) is 0 Å². The zero-order valence-corrected chi connectivity index (χ0v) is 14.6. The van der Waals surface area contributed by atoms with E-state index in [9.17, 15) is 14.7 Å². The minimum absolute atomic E-state index is 0.00236. The van der Waals surface area contributed by atoms with Crippen molar-refractivity contribution in [2.24, 2.45) is 5.92 Å². The maximum absolute atomic E-state index is 12.6. The Hall–Kier alpha value is -2.24. The average Bonchev–Trinajstić information content (AvgIpc) is 2.78. The molecule has 2 rings (SSSR count). The monoisotopic (exact) mass is 334 g/mol. The van der Waals surface area contributed by atoms with E-state index in [1.165, 1.54) is 0 Å². The summed E-state index contributed by atoms with van der Waals surface area (Å²) in [5, 5.41) is 9.99. The van der Waals surface area contributed by atoms with Gasteiger partial charge in [-0.05, 0) is 37.0 Å². The summed E-state index contributed by atoms with van der Waals surface area (Å²) >= 11 is 0. The van der Waals surface area contributed by atoms with Gasteiger partial charge in [-0.15, -0.1) is 0 Å². The lowest BCUT2D eigenvalue weighted by molar-refractivity contribution is 0.0743. The summed E-state index contributed by atoms with van der Waals surface area (Å²) < 4.78 is 5.25. The molecule has 0 unspecified atom stereocenters. The van der Waals surface area contributed by atoms with Gasteiger partial charge in [-0.2, -0.15) is 0 Å². The third-order valence-corrected chi connectivity index (χ3v) is 3.97. The molecule has 6 heteroatoms. The molecule has 0 radical (unpaired) electrons. The van der Waals surface area contributed by atoms with E-state index in [0.29, 0.717) is 50.7 Å². The maximum atomic E-state index is 12.6. The third kappa shape index (κ3) is 4.63. The summed E-state index contributed by atoms with van der Waals surface area (Å²) in [5.74, 6) is 0.0888. The number of carbonyl (C=O) groups excluding carboxylic acids is 2. The highest BCUT2D eigenvalue weighted by Gasteiger charge is 2.25. The predicted octanol–water partition coefficient (Wildman–Crippen LogP) is 2.64. The Bertz CT molecular complexity index is 601. The fraction of sp³-hybridized carbons (Fsp3) is 0.556. The summed E-state index contributed by atoms with van der Waals surface area (Å²) in [5.41, 5.74) is 1.20. The second-order valence-corrected chi connectivity index (χ2v) is 6.62. The quantitative estimate of drug-likeness (QED) is 0.922. The van der Waals surface area contributed by atoms with Crippen molar-refractivity contribution in [1.29, 1.82) is 0 Å². The van der Waals surface area contributed by atoms with Gasteiger partial charge in [-0.1, -0.05) is 19.9 Å². The molecular formula is C18H26N2O4. The first-order chi connectivity index (χ1) is 11.4. The van der Waals surface area contributed by atoms with Crippen LogP contribution in [-0.4, -0.2) is 59.7 Å². The SMILES string of the molecule is Cc1ccc(C(=O)N2CCCN(C(=O)OCC(C)C)CC2)c(O)c1. The van der Waals surface area contributed by atoms with Crippen molar-refractivity contribution < 1.29 is 19.4 Å². The lowest BCUT2D eigenvalue weighted by Gasteiger charge is -2.22. The highest BCUT2D eigenvalue weighted by atomic mass is 16.6. The molecule has 0 bridgehead atoms. The molecule has 1 aliphatic rings. The van der Waals surface area contributed by atoms with E-state index in [2.05, 4.69) is 0 Å². The van der Waals surface area contributed by atoms with E-state index in [1.807, 2.05) is 20.8 Å². The fourth-order valence-corrected chi connectivity index (χ4v) is 2.63. The van der Waals surface area contributed by atoms with E-state index < -0.39 is 0 Å². The molecule has 0 aromatic heterocycles. The minimum atomic E-state index is -0.323. The number of nitrogens with zero attached hydrogens (tertiary/aromatic N) is 2. The lowest BCUT2D eigenvalue weighted by atomic mass is 10.1. The van der Waals surface area contributed by atoms with Crippen molar-refractivity contribution >= 4 is 12.0 Å². The third-order valence-electron chi connectivity index (χ3n) is 3.97. The number of aromatic hydroxyl groups is 1. The Kier molecular flexibility index (Phi) is 6.06. The van der Waals surface area contributed by atoms with Crippen molar-refractivity contribution in [3.8, 4) is 5.75 Å². The van der Waals surface area contributed by atoms with E-state index in [-0.39, 0.29) is 17.7 Å². The van der Waals surface area contributed by atoms with Gasteiger partial charge in [-0.3, -0.25) is 4.79 Å². The van der Waals surface area contributed by atoms with Crippen molar-refractivity contribution in [2.75, 3.05) is 32.8 Å². The number of rotatable bonds is 3. The lowest BCUT2D eigenvalue weighted by Crippen LogP contribution is -2.38. The van der Waals surface area contributed by atoms with Crippen molar-refractivity contribution in [3.05, 3.63) is 29.3 Å². The van der Waals surface area contributed by atoms with Crippen LogP contribution in [0.15, 0.2) is 18.2 Å². The first kappa shape index (κ1) is 18.1. The first-order valence-electron chi connectivity index (χ1n) is 8.39. The number of hydrogen-bond donors (Lipinski definition) is 1. The van der Waals surface area contributed by atoms with Crippen molar-refractivity contribution in [1.82, 2.24) is 9.80 Å². The Morgan fingerprint density at radius 1 is 1.17 bits per heavy atom. The summed E-state index contributed by atoms with van der Waals surface area (Å²) in [6.45, 7) is 8.24. The van der Waals surface area contributed by atoms with Gasteiger partial charge >= 0.3 is 6.09 Å². The molecule has 1 fully saturated rings. The van der Waals surface area contributed by atoms with Crippen LogP contribution in [0.2, 0.25) is 0 Å². The number of phenols is 1. The Balaban J connectivity index is 1.97. The second-order valence-electron chi connectivity index (χ2n) is 6.62. The first-order valence-corrected chi connectivity index (χ1v) is 8.39. The summed E-state index contributed by atoms with van der Waals surface area (Å²) in [4.78, 5) is 28.0. The van der Waals surface area contributed by atoms with Crippen LogP contribution in [0.5, 0.6) is 5.75 Å². The van der Waals surface area contributed by atoms with Crippen LogP contribution < -0.4 is 0 Å². The molecule has 0 atom stereocenters. The van der Waals surface area contributed by atoms with Gasteiger partial charge in [0.05, 0.1) is 12.2 Å². The standard InChI is InChI=1S/C18H26N2O4/c1-13(2)12-24-18(23)20-8-4-7-19(9-10-20)17(22)15-6-5-14(3)11-16(15)21/h5-6,11,13,21H,4,7-10,12H2,1-3H3. The largest absolute Gasteiger partial charge is 0.507 e. The molecule has 0 saturated carbocycles. The van der Waals surface area contributed by atoms with Crippen LogP contribution in [-0.2, 0) is 4.74 Å². The molecule has 132 valence electrons. The zero-order valence-electron chi connectivity index (χ0n) is 14.6. The second kappa shape index (κ2) is 8.04. The molecule has 6 nitrogen and oxygen atoms in total. The van der Waals surface area contributed by atoms with Gasteiger partial charge in [0.15, 0.2) is 0 Å².